The molecule has 1 aromatic heterocycles. The van der Waals surface area contributed by atoms with Gasteiger partial charge in [-0.2, -0.15) is 0 Å². The molecule has 0 spiro atoms. The van der Waals surface area contributed by atoms with E-state index in [-0.39, 0.29) is 0 Å². The Kier molecular flexibility index (Phi) is 9.59. The largest absolute Gasteiger partial charge is 0.455 e. The van der Waals surface area contributed by atoms with E-state index in [1.54, 1.807) is 0 Å². The molecule has 0 bridgehead atoms. The Bertz CT molecular complexity index is 2890. The summed E-state index contributed by atoms with van der Waals surface area (Å²) >= 11 is 0. The van der Waals surface area contributed by atoms with Gasteiger partial charge in [0.1, 0.15) is 5.75 Å². The number of hydrogen-bond acceptors (Lipinski definition) is 2. The number of anilines is 3. The molecule has 3 heteroatoms. The van der Waals surface area contributed by atoms with Crippen LogP contribution in [0.2, 0.25) is 0 Å². The zero-order valence-electron chi connectivity index (χ0n) is 32.4. The van der Waals surface area contributed by atoms with E-state index >= 15 is 0 Å². The minimum atomic E-state index is 0.804. The maximum absolute atomic E-state index is 6.59. The molecular weight excluding hydrogens is 717 g/mol. The third kappa shape index (κ3) is 7.41. The lowest BCUT2D eigenvalue weighted by atomic mass is 10.0. The van der Waals surface area contributed by atoms with Gasteiger partial charge >= 0.3 is 0 Å². The van der Waals surface area contributed by atoms with Crippen molar-refractivity contribution in [3.63, 3.8) is 0 Å². The molecule has 0 unspecified atom stereocenters. The van der Waals surface area contributed by atoms with E-state index in [2.05, 4.69) is 234 Å². The Morgan fingerprint density at radius 1 is 0.322 bits per heavy atom. The summed E-state index contributed by atoms with van der Waals surface area (Å²) in [5.41, 5.74) is 14.8. The molecule has 0 aliphatic carbocycles. The fraction of sp³-hybridized carbons (Fsp3) is 0. The van der Waals surface area contributed by atoms with Crippen molar-refractivity contribution in [1.82, 2.24) is 4.57 Å². The van der Waals surface area contributed by atoms with Crippen LogP contribution in [-0.2, 0) is 0 Å². The first-order valence-electron chi connectivity index (χ1n) is 20.0. The molecule has 0 fully saturated rings. The molecule has 9 aromatic carbocycles. The molecule has 3 nitrogen and oxygen atoms in total. The second kappa shape index (κ2) is 15.9. The first-order valence-corrected chi connectivity index (χ1v) is 20.0. The standard InChI is InChI=1S/C56H40N2O/c1-4-14-41(15-5-1)44-28-34-50(35-29-44)58(51-36-30-45(31-37-51)42-16-6-2-7-17-42)52-22-12-20-47(38-52)46-26-32-49(33-27-46)57-40-56(54-24-10-11-25-55(54)57)59-53-23-13-21-48(39-53)43-18-8-3-9-19-43/h1-40H. The topological polar surface area (TPSA) is 17.4 Å². The van der Waals surface area contributed by atoms with Gasteiger partial charge in [0.2, 0.25) is 0 Å². The summed E-state index contributed by atoms with van der Waals surface area (Å²) in [6.45, 7) is 0. The molecule has 10 rings (SSSR count). The highest BCUT2D eigenvalue weighted by atomic mass is 16.5. The van der Waals surface area contributed by atoms with Crippen LogP contribution in [0.25, 0.3) is 61.1 Å². The number of ether oxygens (including phenoxy) is 1. The molecular formula is C56H40N2O. The highest BCUT2D eigenvalue weighted by molar-refractivity contribution is 5.89. The normalized spacial score (nSPS) is 11.1. The van der Waals surface area contributed by atoms with Gasteiger partial charge in [-0.3, -0.25) is 0 Å². The van der Waals surface area contributed by atoms with Crippen LogP contribution in [0.1, 0.15) is 0 Å². The van der Waals surface area contributed by atoms with Gasteiger partial charge in [0.25, 0.3) is 0 Å². The lowest BCUT2D eigenvalue weighted by Gasteiger charge is -2.26. The zero-order valence-corrected chi connectivity index (χ0v) is 32.4. The van der Waals surface area contributed by atoms with Crippen LogP contribution in [0.3, 0.4) is 0 Å². The number of hydrogen-bond donors (Lipinski definition) is 0. The van der Waals surface area contributed by atoms with Crippen molar-refractivity contribution in [2.45, 2.75) is 0 Å². The summed E-state index contributed by atoms with van der Waals surface area (Å²) < 4.78 is 8.80. The van der Waals surface area contributed by atoms with Crippen molar-refractivity contribution in [1.29, 1.82) is 0 Å². The molecule has 59 heavy (non-hydrogen) atoms. The van der Waals surface area contributed by atoms with E-state index in [1.165, 1.54) is 22.3 Å². The van der Waals surface area contributed by atoms with Gasteiger partial charge in [-0.25, -0.2) is 0 Å². The molecule has 0 saturated heterocycles. The third-order valence-electron chi connectivity index (χ3n) is 10.9. The molecule has 0 aliphatic heterocycles. The minimum absolute atomic E-state index is 0.804. The van der Waals surface area contributed by atoms with E-state index in [9.17, 15) is 0 Å². The lowest BCUT2D eigenvalue weighted by Crippen LogP contribution is -2.10. The van der Waals surface area contributed by atoms with Crippen LogP contribution in [0, 0.1) is 0 Å². The van der Waals surface area contributed by atoms with Crippen molar-refractivity contribution in [3.8, 4) is 61.7 Å². The van der Waals surface area contributed by atoms with Crippen molar-refractivity contribution in [2.24, 2.45) is 0 Å². The summed E-state index contributed by atoms with van der Waals surface area (Å²) in [7, 11) is 0. The molecule has 280 valence electrons. The number of rotatable bonds is 10. The van der Waals surface area contributed by atoms with Gasteiger partial charge in [-0.1, -0.05) is 164 Å². The zero-order chi connectivity index (χ0) is 39.4. The predicted octanol–water partition coefficient (Wildman–Crippen LogP) is 15.6. The minimum Gasteiger partial charge on any atom is -0.455 e. The molecule has 0 atom stereocenters. The summed E-state index contributed by atoms with van der Waals surface area (Å²) in [5, 5.41) is 1.06. The van der Waals surface area contributed by atoms with Crippen LogP contribution >= 0.6 is 0 Å². The average Bonchev–Trinajstić information content (AvgIpc) is 3.68. The fourth-order valence-electron chi connectivity index (χ4n) is 7.89. The van der Waals surface area contributed by atoms with E-state index in [0.29, 0.717) is 0 Å². The first kappa shape index (κ1) is 35.5. The van der Waals surface area contributed by atoms with Gasteiger partial charge < -0.3 is 14.2 Å². The van der Waals surface area contributed by atoms with Gasteiger partial charge in [0.15, 0.2) is 5.75 Å². The van der Waals surface area contributed by atoms with Gasteiger partial charge in [-0.05, 0) is 117 Å². The highest BCUT2D eigenvalue weighted by Crippen LogP contribution is 2.39. The maximum Gasteiger partial charge on any atom is 0.153 e. The molecule has 0 aliphatic rings. The Balaban J connectivity index is 0.966. The average molecular weight is 757 g/mol. The van der Waals surface area contributed by atoms with Crippen LogP contribution in [0.4, 0.5) is 17.1 Å². The number of aromatic nitrogens is 1. The van der Waals surface area contributed by atoms with Crippen LogP contribution in [-0.4, -0.2) is 4.57 Å². The molecule has 0 radical (unpaired) electrons. The van der Waals surface area contributed by atoms with E-state index < -0.39 is 0 Å². The number of para-hydroxylation sites is 1. The van der Waals surface area contributed by atoms with E-state index in [0.717, 1.165) is 67.4 Å². The quantitative estimate of drug-likeness (QED) is 0.138. The van der Waals surface area contributed by atoms with Crippen LogP contribution < -0.4 is 9.64 Å². The summed E-state index contributed by atoms with van der Waals surface area (Å²) in [4.78, 5) is 2.34. The fourth-order valence-corrected chi connectivity index (χ4v) is 7.89. The highest BCUT2D eigenvalue weighted by Gasteiger charge is 2.16. The van der Waals surface area contributed by atoms with Gasteiger partial charge in [0, 0.05) is 28.1 Å². The molecule has 0 N–H and O–H groups in total. The van der Waals surface area contributed by atoms with Crippen molar-refractivity contribution in [2.75, 3.05) is 4.90 Å². The van der Waals surface area contributed by atoms with Crippen molar-refractivity contribution in [3.05, 3.63) is 243 Å². The van der Waals surface area contributed by atoms with Crippen LogP contribution in [0.15, 0.2) is 243 Å². The smallest absolute Gasteiger partial charge is 0.153 e. The number of benzene rings is 9. The Labute approximate surface area is 345 Å². The molecule has 0 saturated carbocycles. The summed E-state index contributed by atoms with van der Waals surface area (Å²) in [6.07, 6.45) is 2.10. The lowest BCUT2D eigenvalue weighted by molar-refractivity contribution is 0.487. The second-order valence-corrected chi connectivity index (χ2v) is 14.6. The second-order valence-electron chi connectivity index (χ2n) is 14.6. The number of fused-ring (bicyclic) bond motifs is 1. The Morgan fingerprint density at radius 3 is 1.36 bits per heavy atom. The van der Waals surface area contributed by atoms with E-state index in [4.69, 9.17) is 4.74 Å². The van der Waals surface area contributed by atoms with Crippen molar-refractivity contribution < 1.29 is 4.74 Å². The van der Waals surface area contributed by atoms with Crippen LogP contribution in [0.5, 0.6) is 11.5 Å². The van der Waals surface area contributed by atoms with Gasteiger partial charge in [-0.15, -0.1) is 0 Å². The monoisotopic (exact) mass is 756 g/mol. The SMILES string of the molecule is c1ccc(-c2ccc(N(c3ccc(-c4ccccc4)cc3)c3cccc(-c4ccc(-n5cc(Oc6cccc(-c7ccccc7)c6)c6ccccc65)cc4)c3)cc2)cc1. The van der Waals surface area contributed by atoms with E-state index in [1.807, 2.05) is 18.2 Å². The predicted molar refractivity (Wildman–Crippen MR) is 246 cm³/mol. The molecule has 1 heterocycles. The maximum atomic E-state index is 6.59. The Hall–Kier alpha value is -7.88. The molecule has 10 aromatic rings. The van der Waals surface area contributed by atoms with Gasteiger partial charge in [0.05, 0.1) is 11.7 Å². The third-order valence-corrected chi connectivity index (χ3v) is 10.9. The summed E-state index contributed by atoms with van der Waals surface area (Å²) in [6, 6.07) is 83.5. The van der Waals surface area contributed by atoms with Crippen molar-refractivity contribution >= 4 is 28.0 Å². The molecule has 0 amide bonds. The first-order chi connectivity index (χ1) is 29.2. The Morgan fingerprint density at radius 2 is 0.763 bits per heavy atom. The summed E-state index contributed by atoms with van der Waals surface area (Å²) in [5.74, 6) is 1.62. The number of nitrogens with zero attached hydrogens (tertiary/aromatic N) is 2.